The van der Waals surface area contributed by atoms with E-state index in [1.54, 1.807) is 0 Å². The van der Waals surface area contributed by atoms with E-state index < -0.39 is 86.2 Å². The standard InChI is InChI=1S/2C7H14O8.Ca/c2*8-1-7(15,2-9)5(12)3(10)4(11)6(13)14;/h2*3-5,8-12,15H,1-2H2,(H,13,14);/q;;+2/p-2/t2*3-,4+,5+;/m11./s1. The minimum atomic E-state index is -2.50. The van der Waals surface area contributed by atoms with Crippen molar-refractivity contribution in [3.63, 3.8) is 0 Å². The Labute approximate surface area is 204 Å². The first-order valence-corrected chi connectivity index (χ1v) is 7.98. The fourth-order valence-corrected chi connectivity index (χ4v) is 1.73. The molecule has 0 heterocycles. The molecule has 0 aliphatic rings. The first kappa shape index (κ1) is 35.3. The molecule has 0 aliphatic carbocycles. The third-order valence-electron chi connectivity index (χ3n) is 3.97. The van der Waals surface area contributed by atoms with Crippen molar-refractivity contribution in [3.05, 3.63) is 0 Å². The Bertz CT molecular complexity index is 478. The largest absolute Gasteiger partial charge is 2.00 e. The molecule has 0 saturated heterocycles. The molecule has 12 N–H and O–H groups in total. The van der Waals surface area contributed by atoms with E-state index in [2.05, 4.69) is 0 Å². The van der Waals surface area contributed by atoms with Crippen LogP contribution in [0.5, 0.6) is 0 Å². The number of carbonyl (C=O) groups excluding carboxylic acids is 2. The van der Waals surface area contributed by atoms with E-state index >= 15 is 0 Å². The van der Waals surface area contributed by atoms with Gasteiger partial charge >= 0.3 is 37.7 Å². The normalized spacial score (nSPS) is 17.7. The molecule has 17 heteroatoms. The number of carboxylic acid groups (broad SMARTS) is 2. The molecule has 31 heavy (non-hydrogen) atoms. The van der Waals surface area contributed by atoms with E-state index in [9.17, 15) is 40.2 Å². The molecule has 0 saturated carbocycles. The molecule has 0 aromatic heterocycles. The van der Waals surface area contributed by atoms with Crippen molar-refractivity contribution in [1.29, 1.82) is 0 Å². The summed E-state index contributed by atoms with van der Waals surface area (Å²) in [5, 5.41) is 127. The fourth-order valence-electron chi connectivity index (χ4n) is 1.73. The molecule has 16 nitrogen and oxygen atoms in total. The second-order valence-electron chi connectivity index (χ2n) is 6.24. The van der Waals surface area contributed by atoms with E-state index in [0.29, 0.717) is 0 Å². The van der Waals surface area contributed by atoms with Crippen molar-refractivity contribution >= 4 is 49.7 Å². The Morgan fingerprint density at radius 3 is 0.935 bits per heavy atom. The molecule has 0 radical (unpaired) electrons. The maximum absolute atomic E-state index is 10.1. The molecule has 180 valence electrons. The van der Waals surface area contributed by atoms with Crippen LogP contribution < -0.4 is 10.2 Å². The van der Waals surface area contributed by atoms with Gasteiger partial charge < -0.3 is 81.1 Å². The minimum absolute atomic E-state index is 0. The molecule has 0 fully saturated rings. The number of hydrogen-bond acceptors (Lipinski definition) is 16. The van der Waals surface area contributed by atoms with Crippen molar-refractivity contribution < 1.29 is 81.1 Å². The van der Waals surface area contributed by atoms with Gasteiger partial charge in [0.25, 0.3) is 0 Å². The van der Waals surface area contributed by atoms with Gasteiger partial charge in [0.2, 0.25) is 0 Å². The Morgan fingerprint density at radius 1 is 0.613 bits per heavy atom. The Hall–Kier alpha value is -0.280. The quantitative estimate of drug-likeness (QED) is 0.113. The van der Waals surface area contributed by atoms with Crippen LogP contribution in [-0.4, -0.2) is 185 Å². The van der Waals surface area contributed by atoms with E-state index in [1.165, 1.54) is 0 Å². The number of hydrogen-bond donors (Lipinski definition) is 12. The van der Waals surface area contributed by atoms with Crippen LogP contribution in [0.25, 0.3) is 0 Å². The molecule has 0 rings (SSSR count). The number of aliphatic hydroxyl groups is 12. The first-order valence-electron chi connectivity index (χ1n) is 7.98. The molecule has 0 bridgehead atoms. The van der Waals surface area contributed by atoms with Gasteiger partial charge in [-0.3, -0.25) is 0 Å². The fraction of sp³-hybridized carbons (Fsp3) is 0.857. The zero-order valence-corrected chi connectivity index (χ0v) is 18.2. The first-order chi connectivity index (χ1) is 13.6. The number of carboxylic acids is 2. The van der Waals surface area contributed by atoms with Gasteiger partial charge in [-0.2, -0.15) is 0 Å². The van der Waals surface area contributed by atoms with Crippen molar-refractivity contribution in [2.24, 2.45) is 0 Å². The smallest absolute Gasteiger partial charge is 0.547 e. The monoisotopic (exact) mass is 490 g/mol. The summed E-state index contributed by atoms with van der Waals surface area (Å²) < 4.78 is 0. The minimum Gasteiger partial charge on any atom is -0.547 e. The Balaban J connectivity index is -0.000000490. The number of aliphatic hydroxyl groups excluding tert-OH is 10. The van der Waals surface area contributed by atoms with Gasteiger partial charge in [-0.25, -0.2) is 0 Å². The van der Waals surface area contributed by atoms with Gasteiger partial charge in [0.15, 0.2) is 0 Å². The summed E-state index contributed by atoms with van der Waals surface area (Å²) in [5.41, 5.74) is -5.01. The summed E-state index contributed by atoms with van der Waals surface area (Å²) in [6.45, 7) is -4.49. The molecule has 6 atom stereocenters. The second kappa shape index (κ2) is 15.5. The molecule has 0 unspecified atom stereocenters. The maximum atomic E-state index is 10.1. The summed E-state index contributed by atoms with van der Waals surface area (Å²) in [7, 11) is 0. The average molecular weight is 490 g/mol. The second-order valence-corrected chi connectivity index (χ2v) is 6.24. The third kappa shape index (κ3) is 10.0. The van der Waals surface area contributed by atoms with Crippen LogP contribution in [-0.2, 0) is 9.59 Å². The van der Waals surface area contributed by atoms with Crippen molar-refractivity contribution in [1.82, 2.24) is 0 Å². The van der Waals surface area contributed by atoms with E-state index in [4.69, 9.17) is 40.9 Å². The van der Waals surface area contributed by atoms with Crippen LogP contribution in [0.4, 0.5) is 0 Å². The summed E-state index contributed by atoms with van der Waals surface area (Å²) in [6.07, 6.45) is -13.9. The number of aliphatic carboxylic acids is 2. The summed E-state index contributed by atoms with van der Waals surface area (Å²) in [4.78, 5) is 20.2. The van der Waals surface area contributed by atoms with Gasteiger partial charge in [-0.1, -0.05) is 0 Å². The van der Waals surface area contributed by atoms with Crippen LogP contribution in [0.3, 0.4) is 0 Å². The Morgan fingerprint density at radius 2 is 0.806 bits per heavy atom. The summed E-state index contributed by atoms with van der Waals surface area (Å²) in [5.74, 6) is -4.11. The average Bonchev–Trinajstić information content (AvgIpc) is 2.74. The van der Waals surface area contributed by atoms with Crippen LogP contribution in [0.2, 0.25) is 0 Å². The molecule has 0 aliphatic heterocycles. The predicted molar refractivity (Wildman–Crippen MR) is 90.1 cm³/mol. The number of carbonyl (C=O) groups is 2. The van der Waals surface area contributed by atoms with E-state index in [0.717, 1.165) is 0 Å². The van der Waals surface area contributed by atoms with Crippen molar-refractivity contribution in [2.45, 2.75) is 47.8 Å². The zero-order valence-electron chi connectivity index (χ0n) is 16.0. The number of rotatable bonds is 12. The van der Waals surface area contributed by atoms with Gasteiger partial charge in [0.05, 0.1) is 38.4 Å². The van der Waals surface area contributed by atoms with Crippen LogP contribution in [0.15, 0.2) is 0 Å². The van der Waals surface area contributed by atoms with Gasteiger partial charge in [-0.05, 0) is 0 Å². The van der Waals surface area contributed by atoms with Crippen LogP contribution in [0.1, 0.15) is 0 Å². The molecule has 0 amide bonds. The van der Waals surface area contributed by atoms with E-state index in [-0.39, 0.29) is 37.7 Å². The van der Waals surface area contributed by atoms with Crippen LogP contribution >= 0.6 is 0 Å². The zero-order chi connectivity index (χ0) is 24.4. The van der Waals surface area contributed by atoms with Gasteiger partial charge in [0, 0.05) is 0 Å². The van der Waals surface area contributed by atoms with Gasteiger partial charge in [-0.15, -0.1) is 0 Å². The molecule has 0 spiro atoms. The molecule has 0 aromatic rings. The molecular weight excluding hydrogens is 464 g/mol. The predicted octanol–water partition coefficient (Wildman–Crippen LogP) is -11.3. The summed E-state index contributed by atoms with van der Waals surface area (Å²) >= 11 is 0. The Kier molecular flexibility index (Phi) is 17.7. The maximum Gasteiger partial charge on any atom is 2.00 e. The third-order valence-corrected chi connectivity index (χ3v) is 3.97. The SMILES string of the molecule is O=C([O-])[C@@H](O)[C@@H](O)[C@H](O)C(O)(CO)CO.O=C([O-])[C@@H](O)[C@@H](O)[C@H](O)C(O)(CO)CO.[Ca+2]. The van der Waals surface area contributed by atoms with Crippen molar-refractivity contribution in [2.75, 3.05) is 26.4 Å². The van der Waals surface area contributed by atoms with Crippen LogP contribution in [0, 0.1) is 0 Å². The summed E-state index contributed by atoms with van der Waals surface area (Å²) in [6, 6.07) is 0. The van der Waals surface area contributed by atoms with Crippen molar-refractivity contribution in [3.8, 4) is 0 Å². The van der Waals surface area contributed by atoms with E-state index in [1.807, 2.05) is 0 Å². The molecule has 0 aromatic carbocycles. The topological polar surface area (TPSA) is 323 Å². The molecular formula is C14H26CaO16. The van der Waals surface area contributed by atoms with Gasteiger partial charge in [0.1, 0.15) is 47.8 Å².